The second-order valence-corrected chi connectivity index (χ2v) is 8.60. The van der Waals surface area contributed by atoms with E-state index < -0.39 is 0 Å². The van der Waals surface area contributed by atoms with Gasteiger partial charge >= 0.3 is 0 Å². The van der Waals surface area contributed by atoms with Crippen molar-refractivity contribution < 1.29 is 4.79 Å². The lowest BCUT2D eigenvalue weighted by atomic mass is 9.69. The summed E-state index contributed by atoms with van der Waals surface area (Å²) in [6.45, 7) is 6.97. The van der Waals surface area contributed by atoms with E-state index in [0.29, 0.717) is 23.5 Å². The fourth-order valence-electron chi connectivity index (χ4n) is 3.04. The van der Waals surface area contributed by atoms with Gasteiger partial charge in [-0.15, -0.1) is 11.3 Å². The second-order valence-electron chi connectivity index (χ2n) is 6.75. The summed E-state index contributed by atoms with van der Waals surface area (Å²) in [4.78, 5) is 13.5. The second kappa shape index (κ2) is 6.09. The topological polar surface area (TPSA) is 17.1 Å². The summed E-state index contributed by atoms with van der Waals surface area (Å²) in [5.74, 6) is 1.52. The number of hydrogen-bond donors (Lipinski definition) is 0. The Morgan fingerprint density at radius 2 is 1.95 bits per heavy atom. The zero-order valence-corrected chi connectivity index (χ0v) is 14.4. The van der Waals surface area contributed by atoms with Crippen LogP contribution in [0.4, 0.5) is 0 Å². The zero-order valence-electron chi connectivity index (χ0n) is 12.0. The molecular weight excluding hydrogens is 320 g/mol. The van der Waals surface area contributed by atoms with Crippen molar-refractivity contribution in [3.8, 4) is 0 Å². The smallest absolute Gasteiger partial charge is 0.141 e. The van der Waals surface area contributed by atoms with E-state index in [9.17, 15) is 4.79 Å². The van der Waals surface area contributed by atoms with Crippen molar-refractivity contribution in [2.75, 3.05) is 0 Å². The Morgan fingerprint density at radius 1 is 1.32 bits per heavy atom. The molecule has 0 aromatic carbocycles. The van der Waals surface area contributed by atoms with Gasteiger partial charge in [0.1, 0.15) is 5.78 Å². The lowest BCUT2D eigenvalue weighted by Crippen LogP contribution is -2.29. The summed E-state index contributed by atoms with van der Waals surface area (Å²) in [6, 6.07) is 2.03. The van der Waals surface area contributed by atoms with Gasteiger partial charge < -0.3 is 0 Å². The number of Topliss-reactive ketones (excluding diaryl/α,β-unsaturated/α-hetero) is 1. The number of halogens is 1. The quantitative estimate of drug-likeness (QED) is 0.711. The highest BCUT2D eigenvalue weighted by atomic mass is 79.9. The Bertz CT molecular complexity index is 436. The van der Waals surface area contributed by atoms with Gasteiger partial charge in [0.2, 0.25) is 0 Å². The molecule has 19 heavy (non-hydrogen) atoms. The molecule has 1 aromatic rings. The number of rotatable bonds is 3. The first-order valence-electron chi connectivity index (χ1n) is 7.12. The van der Waals surface area contributed by atoms with Gasteiger partial charge in [-0.05, 0) is 64.4 Å². The van der Waals surface area contributed by atoms with Crippen LogP contribution in [0.25, 0.3) is 0 Å². The number of hydrogen-bond acceptors (Lipinski definition) is 2. The maximum atomic E-state index is 12.4. The summed E-state index contributed by atoms with van der Waals surface area (Å²) < 4.78 is 1.09. The standard InChI is InChI=1S/C16H23BrOS/c1-16(2,3)12-6-4-11(5-7-12)14(18)10-15-13(17)8-9-19-15/h8-9,11-12H,4-7,10H2,1-3H3. The van der Waals surface area contributed by atoms with Gasteiger partial charge in [-0.2, -0.15) is 0 Å². The third-order valence-corrected chi connectivity index (χ3v) is 6.36. The number of carbonyl (C=O) groups excluding carboxylic acids is 1. The number of carbonyl (C=O) groups is 1. The minimum atomic E-state index is 0.299. The Labute approximate surface area is 128 Å². The van der Waals surface area contributed by atoms with Crippen LogP contribution in [-0.2, 0) is 11.2 Å². The van der Waals surface area contributed by atoms with E-state index in [2.05, 4.69) is 36.7 Å². The van der Waals surface area contributed by atoms with Crippen LogP contribution < -0.4 is 0 Å². The van der Waals surface area contributed by atoms with Crippen molar-refractivity contribution in [1.82, 2.24) is 0 Å². The van der Waals surface area contributed by atoms with Crippen molar-refractivity contribution in [1.29, 1.82) is 0 Å². The predicted octanol–water partition coefficient (Wildman–Crippen LogP) is 5.47. The molecular formula is C16H23BrOS. The molecule has 1 aliphatic rings. The van der Waals surface area contributed by atoms with Crippen LogP contribution in [0.1, 0.15) is 51.3 Å². The molecule has 0 aliphatic heterocycles. The summed E-state index contributed by atoms with van der Waals surface area (Å²) in [6.07, 6.45) is 5.22. The Balaban J connectivity index is 1.88. The average Bonchev–Trinajstić information content (AvgIpc) is 2.74. The van der Waals surface area contributed by atoms with Crippen LogP contribution in [0.5, 0.6) is 0 Å². The van der Waals surface area contributed by atoms with Crippen molar-refractivity contribution in [2.24, 2.45) is 17.3 Å². The lowest BCUT2D eigenvalue weighted by molar-refractivity contribution is -0.123. The molecule has 0 N–H and O–H groups in total. The third-order valence-electron chi connectivity index (χ3n) is 4.43. The Kier molecular flexibility index (Phi) is 4.88. The van der Waals surface area contributed by atoms with Crippen LogP contribution in [0, 0.1) is 17.3 Å². The fraction of sp³-hybridized carbons (Fsp3) is 0.688. The normalized spacial score (nSPS) is 24.4. The Hall–Kier alpha value is -0.150. The van der Waals surface area contributed by atoms with E-state index in [1.165, 1.54) is 17.7 Å². The molecule has 1 heterocycles. The van der Waals surface area contributed by atoms with Gasteiger partial charge in [0, 0.05) is 21.7 Å². The number of thiophene rings is 1. The van der Waals surface area contributed by atoms with E-state index in [1.54, 1.807) is 11.3 Å². The molecule has 3 heteroatoms. The molecule has 0 unspecified atom stereocenters. The minimum absolute atomic E-state index is 0.299. The minimum Gasteiger partial charge on any atom is -0.299 e. The molecule has 0 amide bonds. The predicted molar refractivity (Wildman–Crippen MR) is 85.6 cm³/mol. The first-order valence-corrected chi connectivity index (χ1v) is 8.80. The SMILES string of the molecule is CC(C)(C)C1CCC(C(=O)Cc2sccc2Br)CC1. The van der Waals surface area contributed by atoms with E-state index in [1.807, 2.05) is 11.4 Å². The molecule has 1 nitrogen and oxygen atoms in total. The molecule has 2 rings (SSSR count). The van der Waals surface area contributed by atoms with Gasteiger partial charge in [0.15, 0.2) is 0 Å². The first-order chi connectivity index (χ1) is 8.88. The summed E-state index contributed by atoms with van der Waals surface area (Å²) >= 11 is 5.19. The molecule has 0 atom stereocenters. The van der Waals surface area contributed by atoms with Gasteiger partial charge in [0.25, 0.3) is 0 Å². The molecule has 0 spiro atoms. The van der Waals surface area contributed by atoms with Crippen LogP contribution in [0.15, 0.2) is 15.9 Å². The highest BCUT2D eigenvalue weighted by Crippen LogP contribution is 2.40. The molecule has 0 radical (unpaired) electrons. The molecule has 1 aliphatic carbocycles. The third kappa shape index (κ3) is 3.91. The zero-order chi connectivity index (χ0) is 14.0. The molecule has 1 aromatic heterocycles. The van der Waals surface area contributed by atoms with Crippen molar-refractivity contribution in [2.45, 2.75) is 52.9 Å². The van der Waals surface area contributed by atoms with Crippen molar-refractivity contribution >= 4 is 33.0 Å². The van der Waals surface area contributed by atoms with Crippen LogP contribution in [0.3, 0.4) is 0 Å². The van der Waals surface area contributed by atoms with Gasteiger partial charge in [-0.3, -0.25) is 4.79 Å². The molecule has 0 saturated heterocycles. The van der Waals surface area contributed by atoms with Gasteiger partial charge in [-0.25, -0.2) is 0 Å². The maximum absolute atomic E-state index is 12.4. The summed E-state index contributed by atoms with van der Waals surface area (Å²) in [5, 5.41) is 2.04. The van der Waals surface area contributed by atoms with E-state index in [4.69, 9.17) is 0 Å². The van der Waals surface area contributed by atoms with Crippen molar-refractivity contribution in [3.63, 3.8) is 0 Å². The Morgan fingerprint density at radius 3 is 2.42 bits per heavy atom. The maximum Gasteiger partial charge on any atom is 0.141 e. The van der Waals surface area contributed by atoms with Crippen molar-refractivity contribution in [3.05, 3.63) is 20.8 Å². The summed E-state index contributed by atoms with van der Waals surface area (Å²) in [5.41, 5.74) is 0.394. The van der Waals surface area contributed by atoms with Crippen LogP contribution in [0.2, 0.25) is 0 Å². The fourth-order valence-corrected chi connectivity index (χ4v) is 4.54. The molecule has 106 valence electrons. The van der Waals surface area contributed by atoms with E-state index in [0.717, 1.165) is 23.2 Å². The summed E-state index contributed by atoms with van der Waals surface area (Å²) in [7, 11) is 0. The van der Waals surface area contributed by atoms with Gasteiger partial charge in [-0.1, -0.05) is 20.8 Å². The average molecular weight is 343 g/mol. The monoisotopic (exact) mass is 342 g/mol. The van der Waals surface area contributed by atoms with Crippen LogP contribution >= 0.6 is 27.3 Å². The lowest BCUT2D eigenvalue weighted by Gasteiger charge is -2.36. The molecule has 1 fully saturated rings. The van der Waals surface area contributed by atoms with Gasteiger partial charge in [0.05, 0.1) is 0 Å². The van der Waals surface area contributed by atoms with E-state index in [-0.39, 0.29) is 0 Å². The highest BCUT2D eigenvalue weighted by Gasteiger charge is 2.32. The molecule has 0 bridgehead atoms. The van der Waals surface area contributed by atoms with Crippen LogP contribution in [-0.4, -0.2) is 5.78 Å². The largest absolute Gasteiger partial charge is 0.299 e. The van der Waals surface area contributed by atoms with E-state index >= 15 is 0 Å². The first kappa shape index (κ1) is 15.2. The highest BCUT2D eigenvalue weighted by molar-refractivity contribution is 9.10. The number of ketones is 1. The molecule has 1 saturated carbocycles.